The van der Waals surface area contributed by atoms with Crippen LogP contribution in [0.3, 0.4) is 0 Å². The maximum Gasteiger partial charge on any atom is 0.220 e. The molecular formula is C13H28N2O2. The summed E-state index contributed by atoms with van der Waals surface area (Å²) in [4.78, 5) is 11.7. The van der Waals surface area contributed by atoms with E-state index < -0.39 is 0 Å². The maximum atomic E-state index is 11.7. The molecule has 0 aromatic rings. The van der Waals surface area contributed by atoms with Gasteiger partial charge in [0, 0.05) is 20.1 Å². The van der Waals surface area contributed by atoms with Crippen molar-refractivity contribution >= 4 is 5.91 Å². The molecule has 4 heteroatoms. The van der Waals surface area contributed by atoms with Crippen molar-refractivity contribution < 1.29 is 9.53 Å². The number of carbonyl (C=O) groups excluding carboxylic acids is 1. The molecule has 3 N–H and O–H groups in total. The van der Waals surface area contributed by atoms with E-state index in [1.54, 1.807) is 7.11 Å². The molecule has 17 heavy (non-hydrogen) atoms. The van der Waals surface area contributed by atoms with E-state index in [1.165, 1.54) is 0 Å². The molecule has 0 bridgehead atoms. The predicted molar refractivity (Wildman–Crippen MR) is 70.7 cm³/mol. The fourth-order valence-electron chi connectivity index (χ4n) is 1.65. The van der Waals surface area contributed by atoms with Crippen molar-refractivity contribution in [1.29, 1.82) is 0 Å². The molecule has 1 atom stereocenters. The van der Waals surface area contributed by atoms with E-state index in [-0.39, 0.29) is 17.4 Å². The highest BCUT2D eigenvalue weighted by atomic mass is 16.5. The van der Waals surface area contributed by atoms with Crippen LogP contribution in [0.1, 0.15) is 40.5 Å². The molecule has 1 amide bonds. The van der Waals surface area contributed by atoms with Crippen molar-refractivity contribution in [3.63, 3.8) is 0 Å². The second kappa shape index (κ2) is 7.67. The van der Waals surface area contributed by atoms with Crippen LogP contribution in [-0.4, -0.2) is 31.7 Å². The van der Waals surface area contributed by atoms with Gasteiger partial charge in [-0.1, -0.05) is 13.8 Å². The lowest BCUT2D eigenvalue weighted by Gasteiger charge is -2.24. The SMILES string of the molecule is COC(C)(C)CNC(=O)C[C@@H](CN)CC(C)C. The van der Waals surface area contributed by atoms with Gasteiger partial charge in [0.1, 0.15) is 0 Å². The Morgan fingerprint density at radius 2 is 2.00 bits per heavy atom. The first-order valence-electron chi connectivity index (χ1n) is 6.32. The van der Waals surface area contributed by atoms with Gasteiger partial charge in [-0.15, -0.1) is 0 Å². The van der Waals surface area contributed by atoms with E-state index in [0.717, 1.165) is 6.42 Å². The number of hydrogen-bond donors (Lipinski definition) is 2. The molecule has 0 saturated heterocycles. The van der Waals surface area contributed by atoms with Crippen molar-refractivity contribution in [2.75, 3.05) is 20.2 Å². The van der Waals surface area contributed by atoms with E-state index in [1.807, 2.05) is 13.8 Å². The lowest BCUT2D eigenvalue weighted by Crippen LogP contribution is -2.40. The van der Waals surface area contributed by atoms with Gasteiger partial charge in [0.25, 0.3) is 0 Å². The first-order chi connectivity index (χ1) is 7.80. The fraction of sp³-hybridized carbons (Fsp3) is 0.923. The first kappa shape index (κ1) is 16.4. The van der Waals surface area contributed by atoms with Crippen LogP contribution < -0.4 is 11.1 Å². The Labute approximate surface area is 105 Å². The average molecular weight is 244 g/mol. The molecule has 0 spiro atoms. The summed E-state index contributed by atoms with van der Waals surface area (Å²) in [6.07, 6.45) is 1.51. The Kier molecular flexibility index (Phi) is 7.39. The highest BCUT2D eigenvalue weighted by Gasteiger charge is 2.19. The Morgan fingerprint density at radius 3 is 2.41 bits per heavy atom. The second-order valence-corrected chi connectivity index (χ2v) is 5.68. The summed E-state index contributed by atoms with van der Waals surface area (Å²) in [6.45, 7) is 9.29. The zero-order chi connectivity index (χ0) is 13.5. The van der Waals surface area contributed by atoms with Gasteiger partial charge in [-0.25, -0.2) is 0 Å². The van der Waals surface area contributed by atoms with Gasteiger partial charge in [-0.3, -0.25) is 4.79 Å². The molecule has 102 valence electrons. The van der Waals surface area contributed by atoms with Crippen LogP contribution in [0.5, 0.6) is 0 Å². The van der Waals surface area contributed by atoms with Gasteiger partial charge in [-0.2, -0.15) is 0 Å². The van der Waals surface area contributed by atoms with Gasteiger partial charge in [0.15, 0.2) is 0 Å². The number of methoxy groups -OCH3 is 1. The molecule has 0 fully saturated rings. The highest BCUT2D eigenvalue weighted by Crippen LogP contribution is 2.14. The number of carbonyl (C=O) groups is 1. The Balaban J connectivity index is 3.99. The zero-order valence-electron chi connectivity index (χ0n) is 11.9. The molecule has 0 heterocycles. The summed E-state index contributed by atoms with van der Waals surface area (Å²) >= 11 is 0. The molecule has 4 nitrogen and oxygen atoms in total. The first-order valence-corrected chi connectivity index (χ1v) is 6.32. The Hall–Kier alpha value is -0.610. The minimum absolute atomic E-state index is 0.0613. The number of ether oxygens (including phenoxy) is 1. The Bertz CT molecular complexity index is 227. The smallest absolute Gasteiger partial charge is 0.220 e. The van der Waals surface area contributed by atoms with Crippen LogP contribution in [0, 0.1) is 11.8 Å². The van der Waals surface area contributed by atoms with Gasteiger partial charge in [-0.05, 0) is 38.6 Å². The van der Waals surface area contributed by atoms with Crippen molar-refractivity contribution in [2.45, 2.75) is 46.1 Å². The zero-order valence-corrected chi connectivity index (χ0v) is 11.9. The molecule has 0 aliphatic rings. The number of rotatable bonds is 8. The van der Waals surface area contributed by atoms with Gasteiger partial charge < -0.3 is 15.8 Å². The van der Waals surface area contributed by atoms with Crippen LogP contribution in [0.4, 0.5) is 0 Å². The number of nitrogens with one attached hydrogen (secondary N) is 1. The molecule has 0 aromatic heterocycles. The summed E-state index contributed by atoms with van der Waals surface area (Å²) in [7, 11) is 1.65. The van der Waals surface area contributed by atoms with Gasteiger partial charge >= 0.3 is 0 Å². The highest BCUT2D eigenvalue weighted by molar-refractivity contribution is 5.76. The van der Waals surface area contributed by atoms with Crippen LogP contribution in [0.25, 0.3) is 0 Å². The predicted octanol–water partition coefficient (Wildman–Crippen LogP) is 1.54. The molecule has 0 aliphatic heterocycles. The number of amides is 1. The molecular weight excluding hydrogens is 216 g/mol. The third kappa shape index (κ3) is 8.16. The van der Waals surface area contributed by atoms with Gasteiger partial charge in [0.2, 0.25) is 5.91 Å². The van der Waals surface area contributed by atoms with Crippen LogP contribution in [-0.2, 0) is 9.53 Å². The lowest BCUT2D eigenvalue weighted by atomic mass is 9.94. The molecule has 0 rings (SSSR count). The monoisotopic (exact) mass is 244 g/mol. The topological polar surface area (TPSA) is 64.3 Å². The quantitative estimate of drug-likeness (QED) is 0.680. The van der Waals surface area contributed by atoms with Crippen molar-refractivity contribution in [3.8, 4) is 0 Å². The van der Waals surface area contributed by atoms with E-state index >= 15 is 0 Å². The van der Waals surface area contributed by atoms with Crippen LogP contribution in [0.2, 0.25) is 0 Å². The summed E-state index contributed by atoms with van der Waals surface area (Å²) in [5.41, 5.74) is 5.36. The van der Waals surface area contributed by atoms with Gasteiger partial charge in [0.05, 0.1) is 5.60 Å². The summed E-state index contributed by atoms with van der Waals surface area (Å²) in [6, 6.07) is 0. The summed E-state index contributed by atoms with van der Waals surface area (Å²) in [5, 5.41) is 2.89. The third-order valence-corrected chi connectivity index (χ3v) is 2.88. The third-order valence-electron chi connectivity index (χ3n) is 2.88. The van der Waals surface area contributed by atoms with E-state index in [4.69, 9.17) is 10.5 Å². The van der Waals surface area contributed by atoms with Crippen molar-refractivity contribution in [2.24, 2.45) is 17.6 Å². The Morgan fingerprint density at radius 1 is 1.41 bits per heavy atom. The minimum Gasteiger partial charge on any atom is -0.377 e. The molecule has 0 aromatic carbocycles. The standard InChI is InChI=1S/C13H28N2O2/c1-10(2)6-11(8-14)7-12(16)15-9-13(3,4)17-5/h10-11H,6-9,14H2,1-5H3,(H,15,16)/t11-/m0/s1. The van der Waals surface area contributed by atoms with E-state index in [9.17, 15) is 4.79 Å². The van der Waals surface area contributed by atoms with E-state index in [0.29, 0.717) is 25.4 Å². The minimum atomic E-state index is -0.314. The van der Waals surface area contributed by atoms with Crippen molar-refractivity contribution in [1.82, 2.24) is 5.32 Å². The van der Waals surface area contributed by atoms with Crippen molar-refractivity contribution in [3.05, 3.63) is 0 Å². The lowest BCUT2D eigenvalue weighted by molar-refractivity contribution is -0.123. The maximum absolute atomic E-state index is 11.7. The van der Waals surface area contributed by atoms with Crippen LogP contribution >= 0.6 is 0 Å². The fourth-order valence-corrected chi connectivity index (χ4v) is 1.65. The van der Waals surface area contributed by atoms with E-state index in [2.05, 4.69) is 19.2 Å². The molecule has 0 saturated carbocycles. The molecule has 0 unspecified atom stereocenters. The second-order valence-electron chi connectivity index (χ2n) is 5.68. The number of nitrogens with two attached hydrogens (primary N) is 1. The summed E-state index contributed by atoms with van der Waals surface area (Å²) < 4.78 is 5.24. The summed E-state index contributed by atoms with van der Waals surface area (Å²) in [5.74, 6) is 0.915. The molecule has 0 aliphatic carbocycles. The number of hydrogen-bond acceptors (Lipinski definition) is 3. The largest absolute Gasteiger partial charge is 0.377 e. The average Bonchev–Trinajstić information content (AvgIpc) is 2.25. The van der Waals surface area contributed by atoms with Crippen LogP contribution in [0.15, 0.2) is 0 Å². The normalized spacial score (nSPS) is 13.8. The molecule has 0 radical (unpaired) electrons.